The third-order valence-corrected chi connectivity index (χ3v) is 5.22. The minimum absolute atomic E-state index is 0.0637. The van der Waals surface area contributed by atoms with Crippen LogP contribution in [0.15, 0.2) is 12.5 Å². The number of nitrogens with one attached hydrogen (secondary N) is 4. The minimum Gasteiger partial charge on any atom is -0.480 e. The summed E-state index contributed by atoms with van der Waals surface area (Å²) in [5.74, 6) is -3.78. The number of nitrogens with two attached hydrogens (primary N) is 1. The van der Waals surface area contributed by atoms with E-state index in [1.807, 2.05) is 6.92 Å². The van der Waals surface area contributed by atoms with E-state index >= 15 is 0 Å². The van der Waals surface area contributed by atoms with Gasteiger partial charge in [0.2, 0.25) is 17.7 Å². The second kappa shape index (κ2) is 12.8. The molecular weight excluding hydrogens is 420 g/mol. The lowest BCUT2D eigenvalue weighted by Gasteiger charge is -2.28. The van der Waals surface area contributed by atoms with Gasteiger partial charge in [-0.1, -0.05) is 34.1 Å². The first-order valence-corrected chi connectivity index (χ1v) is 10.5. The SMILES string of the molecule is CCC(C)C(NC(=O)C(N)C(C)C)C(=O)NC(CO)C(=O)NC(Cc1cnc[nH]1)C(=O)O. The first-order chi connectivity index (χ1) is 15.0. The Bertz CT molecular complexity index is 769. The standard InChI is InChI=1S/C20H34N6O6/c1-5-11(4)16(26-18(29)15(21)10(2)3)19(30)25-14(8-27)17(28)24-13(20(31)32)6-12-7-22-9-23-12/h7,9-11,13-16,27H,5-6,8,21H2,1-4H3,(H,22,23)(H,24,28)(H,25,30)(H,26,29)(H,31,32). The molecule has 0 saturated heterocycles. The van der Waals surface area contributed by atoms with Gasteiger partial charge in [0.25, 0.3) is 0 Å². The van der Waals surface area contributed by atoms with Crippen LogP contribution in [0, 0.1) is 11.8 Å². The molecule has 12 heteroatoms. The number of nitrogens with zero attached hydrogens (tertiary/aromatic N) is 1. The van der Waals surface area contributed by atoms with Crippen molar-refractivity contribution in [1.29, 1.82) is 0 Å². The molecule has 1 heterocycles. The number of H-pyrrole nitrogens is 1. The highest BCUT2D eigenvalue weighted by Crippen LogP contribution is 2.10. The zero-order chi connectivity index (χ0) is 24.4. The van der Waals surface area contributed by atoms with E-state index in [-0.39, 0.29) is 18.3 Å². The first-order valence-electron chi connectivity index (χ1n) is 10.5. The van der Waals surface area contributed by atoms with Crippen LogP contribution in [-0.4, -0.2) is 74.6 Å². The summed E-state index contributed by atoms with van der Waals surface area (Å²) in [6.45, 7) is 6.38. The van der Waals surface area contributed by atoms with E-state index in [1.165, 1.54) is 12.5 Å². The van der Waals surface area contributed by atoms with Gasteiger partial charge in [-0.25, -0.2) is 9.78 Å². The van der Waals surface area contributed by atoms with E-state index in [0.29, 0.717) is 12.1 Å². The second-order valence-corrected chi connectivity index (χ2v) is 8.07. The lowest BCUT2D eigenvalue weighted by molar-refractivity contribution is -0.142. The average Bonchev–Trinajstić information content (AvgIpc) is 3.26. The molecule has 0 saturated carbocycles. The maximum absolute atomic E-state index is 12.8. The molecule has 0 fully saturated rings. The van der Waals surface area contributed by atoms with Crippen molar-refractivity contribution in [2.24, 2.45) is 17.6 Å². The van der Waals surface area contributed by atoms with E-state index in [9.17, 15) is 29.4 Å². The molecule has 0 aliphatic rings. The van der Waals surface area contributed by atoms with Crippen molar-refractivity contribution in [1.82, 2.24) is 25.9 Å². The van der Waals surface area contributed by atoms with Crippen molar-refractivity contribution in [3.63, 3.8) is 0 Å². The predicted molar refractivity (Wildman–Crippen MR) is 115 cm³/mol. The molecule has 5 unspecified atom stereocenters. The lowest BCUT2D eigenvalue weighted by atomic mass is 9.96. The first kappa shape index (κ1) is 27.0. The molecule has 3 amide bonds. The largest absolute Gasteiger partial charge is 0.480 e. The van der Waals surface area contributed by atoms with Crippen molar-refractivity contribution in [2.45, 2.75) is 64.7 Å². The van der Waals surface area contributed by atoms with Crippen LogP contribution in [-0.2, 0) is 25.6 Å². The fraction of sp³-hybridized carbons (Fsp3) is 0.650. The molecule has 0 spiro atoms. The number of aliphatic hydroxyl groups excluding tert-OH is 1. The van der Waals surface area contributed by atoms with Crippen molar-refractivity contribution in [3.8, 4) is 0 Å². The summed E-state index contributed by atoms with van der Waals surface area (Å²) in [4.78, 5) is 55.8. The Morgan fingerprint density at radius 1 is 1.06 bits per heavy atom. The van der Waals surface area contributed by atoms with Crippen LogP contribution in [0.2, 0.25) is 0 Å². The van der Waals surface area contributed by atoms with Gasteiger partial charge in [-0.15, -0.1) is 0 Å². The Morgan fingerprint density at radius 3 is 2.16 bits per heavy atom. The quantitative estimate of drug-likeness (QED) is 0.187. The number of rotatable bonds is 13. The van der Waals surface area contributed by atoms with Gasteiger partial charge in [-0.05, 0) is 11.8 Å². The number of aromatic amines is 1. The summed E-state index contributed by atoms with van der Waals surface area (Å²) < 4.78 is 0. The number of carboxylic acid groups (broad SMARTS) is 1. The molecule has 12 nitrogen and oxygen atoms in total. The topological polar surface area (TPSA) is 200 Å². The predicted octanol–water partition coefficient (Wildman–Crippen LogP) is -1.49. The molecule has 0 bridgehead atoms. The maximum Gasteiger partial charge on any atom is 0.326 e. The van der Waals surface area contributed by atoms with Gasteiger partial charge in [0.05, 0.1) is 19.0 Å². The fourth-order valence-electron chi connectivity index (χ4n) is 2.80. The van der Waals surface area contributed by atoms with E-state index < -0.39 is 54.5 Å². The highest BCUT2D eigenvalue weighted by molar-refractivity contribution is 5.94. The summed E-state index contributed by atoms with van der Waals surface area (Å²) in [7, 11) is 0. The smallest absolute Gasteiger partial charge is 0.326 e. The molecule has 1 rings (SSSR count). The normalized spacial score (nSPS) is 15.8. The van der Waals surface area contributed by atoms with E-state index in [4.69, 9.17) is 5.73 Å². The molecule has 0 aromatic carbocycles. The average molecular weight is 455 g/mol. The van der Waals surface area contributed by atoms with Crippen molar-refractivity contribution in [2.75, 3.05) is 6.61 Å². The van der Waals surface area contributed by atoms with Gasteiger partial charge in [0.1, 0.15) is 18.1 Å². The molecule has 0 radical (unpaired) electrons. The monoisotopic (exact) mass is 454 g/mol. The summed E-state index contributed by atoms with van der Waals surface area (Å²) in [6.07, 6.45) is 3.29. The third kappa shape index (κ3) is 7.93. The lowest BCUT2D eigenvalue weighted by Crippen LogP contribution is -2.60. The highest BCUT2D eigenvalue weighted by atomic mass is 16.4. The van der Waals surface area contributed by atoms with Crippen molar-refractivity contribution < 1.29 is 29.4 Å². The molecule has 0 aliphatic carbocycles. The number of aliphatic hydroxyl groups is 1. The van der Waals surface area contributed by atoms with Crippen molar-refractivity contribution >= 4 is 23.7 Å². The van der Waals surface area contributed by atoms with Gasteiger partial charge >= 0.3 is 5.97 Å². The molecule has 180 valence electrons. The number of hydrogen-bond donors (Lipinski definition) is 7. The molecule has 8 N–H and O–H groups in total. The van der Waals surface area contributed by atoms with Crippen LogP contribution in [0.25, 0.3) is 0 Å². The molecular formula is C20H34N6O6. The van der Waals surface area contributed by atoms with Crippen LogP contribution in [0.1, 0.15) is 39.8 Å². The molecule has 1 aromatic heterocycles. The minimum atomic E-state index is -1.41. The molecule has 1 aromatic rings. The number of imidazole rings is 1. The van der Waals surface area contributed by atoms with Crippen LogP contribution in [0.5, 0.6) is 0 Å². The Balaban J connectivity index is 2.87. The number of carbonyl (C=O) groups excluding carboxylic acids is 3. The number of hydrogen-bond acceptors (Lipinski definition) is 7. The Hall–Kier alpha value is -2.99. The van der Waals surface area contributed by atoms with Gasteiger partial charge < -0.3 is 36.9 Å². The molecule has 5 atom stereocenters. The number of amides is 3. The van der Waals surface area contributed by atoms with Gasteiger partial charge in [-0.2, -0.15) is 0 Å². The molecule has 32 heavy (non-hydrogen) atoms. The van der Waals surface area contributed by atoms with Crippen molar-refractivity contribution in [3.05, 3.63) is 18.2 Å². The third-order valence-electron chi connectivity index (χ3n) is 5.22. The Morgan fingerprint density at radius 2 is 1.69 bits per heavy atom. The Kier molecular flexibility index (Phi) is 10.8. The van der Waals surface area contributed by atoms with Gasteiger partial charge in [0.15, 0.2) is 0 Å². The second-order valence-electron chi connectivity index (χ2n) is 8.07. The maximum atomic E-state index is 12.8. The highest BCUT2D eigenvalue weighted by Gasteiger charge is 2.32. The number of carboxylic acids is 1. The molecule has 0 aliphatic heterocycles. The fourth-order valence-corrected chi connectivity index (χ4v) is 2.80. The van der Waals surface area contributed by atoms with Gasteiger partial charge in [-0.3, -0.25) is 14.4 Å². The summed E-state index contributed by atoms with van der Waals surface area (Å²) in [6, 6.07) is -4.51. The van der Waals surface area contributed by atoms with Crippen LogP contribution in [0.4, 0.5) is 0 Å². The zero-order valence-electron chi connectivity index (χ0n) is 18.8. The number of carbonyl (C=O) groups is 4. The van der Waals surface area contributed by atoms with Crippen LogP contribution >= 0.6 is 0 Å². The van der Waals surface area contributed by atoms with E-state index in [1.54, 1.807) is 20.8 Å². The summed E-state index contributed by atoms with van der Waals surface area (Å²) >= 11 is 0. The Labute approximate surface area is 186 Å². The zero-order valence-corrected chi connectivity index (χ0v) is 18.8. The summed E-state index contributed by atoms with van der Waals surface area (Å²) in [5.41, 5.74) is 6.34. The van der Waals surface area contributed by atoms with E-state index in [2.05, 4.69) is 25.9 Å². The van der Waals surface area contributed by atoms with E-state index in [0.717, 1.165) is 0 Å². The van der Waals surface area contributed by atoms with Gasteiger partial charge in [0, 0.05) is 18.3 Å². The number of aliphatic carboxylic acids is 1. The summed E-state index contributed by atoms with van der Waals surface area (Å²) in [5, 5.41) is 26.3. The number of aromatic nitrogens is 2. The van der Waals surface area contributed by atoms with Crippen LogP contribution < -0.4 is 21.7 Å². The van der Waals surface area contributed by atoms with Crippen LogP contribution in [0.3, 0.4) is 0 Å².